The normalized spacial score (nSPS) is 9.82. The van der Waals surface area contributed by atoms with Crippen LogP contribution in [0.25, 0.3) is 0 Å². The molecule has 0 atom stereocenters. The lowest BCUT2D eigenvalue weighted by Gasteiger charge is -2.01. The van der Waals surface area contributed by atoms with Gasteiger partial charge >= 0.3 is 0 Å². The Hall–Kier alpha value is -2.61. The summed E-state index contributed by atoms with van der Waals surface area (Å²) in [5.74, 6) is -0.0717. The fourth-order valence-electron chi connectivity index (χ4n) is 1.44. The predicted molar refractivity (Wildman–Crippen MR) is 62.1 cm³/mol. The van der Waals surface area contributed by atoms with Crippen molar-refractivity contribution >= 4 is 11.5 Å². The van der Waals surface area contributed by atoms with Crippen LogP contribution in [0.4, 0.5) is 5.69 Å². The van der Waals surface area contributed by atoms with Crippen LogP contribution < -0.4 is 5.73 Å². The van der Waals surface area contributed by atoms with Crippen molar-refractivity contribution in [2.24, 2.45) is 0 Å². The smallest absolute Gasteiger partial charge is 0.184 e. The fourth-order valence-corrected chi connectivity index (χ4v) is 1.44. The topological polar surface area (TPSA) is 84.7 Å². The number of nitrogens with two attached hydrogens (primary N) is 1. The van der Waals surface area contributed by atoms with Crippen molar-refractivity contribution in [1.82, 2.24) is 9.78 Å². The van der Waals surface area contributed by atoms with Gasteiger partial charge in [0.15, 0.2) is 5.78 Å². The molecule has 84 valence electrons. The molecule has 5 nitrogen and oxygen atoms in total. The van der Waals surface area contributed by atoms with Crippen molar-refractivity contribution in [3.05, 3.63) is 47.8 Å². The Morgan fingerprint density at radius 1 is 1.41 bits per heavy atom. The second kappa shape index (κ2) is 4.49. The number of hydrogen-bond acceptors (Lipinski definition) is 4. The first kappa shape index (κ1) is 10.9. The zero-order valence-corrected chi connectivity index (χ0v) is 9.00. The van der Waals surface area contributed by atoms with Gasteiger partial charge in [-0.15, -0.1) is 0 Å². The molecule has 0 aliphatic carbocycles. The molecule has 0 amide bonds. The van der Waals surface area contributed by atoms with Crippen LogP contribution in [0.5, 0.6) is 0 Å². The molecule has 0 saturated heterocycles. The Balaban J connectivity index is 2.12. The van der Waals surface area contributed by atoms with E-state index >= 15 is 0 Å². The van der Waals surface area contributed by atoms with Crippen LogP contribution in [-0.2, 0) is 6.54 Å². The van der Waals surface area contributed by atoms with Crippen LogP contribution in [0.3, 0.4) is 0 Å². The van der Waals surface area contributed by atoms with Crippen LogP contribution in [0.1, 0.15) is 15.9 Å². The average molecular weight is 226 g/mol. The Labute approximate surface area is 98.1 Å². The summed E-state index contributed by atoms with van der Waals surface area (Å²) in [5, 5.41) is 12.6. The third kappa shape index (κ3) is 2.49. The third-order valence-electron chi connectivity index (χ3n) is 2.29. The zero-order valence-electron chi connectivity index (χ0n) is 9.00. The standard InChI is InChI=1S/C12H10N4O/c13-5-9-1-3-10(4-2-9)12(17)8-16-7-11(14)6-15-16/h1-4,6-7H,8,14H2. The van der Waals surface area contributed by atoms with E-state index in [2.05, 4.69) is 5.10 Å². The van der Waals surface area contributed by atoms with Gasteiger partial charge in [-0.1, -0.05) is 12.1 Å². The number of aromatic nitrogens is 2. The molecule has 1 aromatic heterocycles. The van der Waals surface area contributed by atoms with E-state index in [1.165, 1.54) is 10.9 Å². The van der Waals surface area contributed by atoms with Gasteiger partial charge in [0.2, 0.25) is 0 Å². The van der Waals surface area contributed by atoms with Gasteiger partial charge in [-0.05, 0) is 12.1 Å². The molecule has 0 spiro atoms. The first-order valence-corrected chi connectivity index (χ1v) is 5.00. The lowest BCUT2D eigenvalue weighted by molar-refractivity contribution is 0.0968. The minimum Gasteiger partial charge on any atom is -0.396 e. The first-order valence-electron chi connectivity index (χ1n) is 5.00. The predicted octanol–water partition coefficient (Wildman–Crippen LogP) is 1.22. The van der Waals surface area contributed by atoms with E-state index in [4.69, 9.17) is 11.0 Å². The summed E-state index contributed by atoms with van der Waals surface area (Å²) in [4.78, 5) is 11.8. The van der Waals surface area contributed by atoms with Crippen molar-refractivity contribution < 1.29 is 4.79 Å². The highest BCUT2D eigenvalue weighted by atomic mass is 16.1. The maximum atomic E-state index is 11.8. The average Bonchev–Trinajstić information content (AvgIpc) is 2.75. The van der Waals surface area contributed by atoms with E-state index in [0.717, 1.165) is 0 Å². The summed E-state index contributed by atoms with van der Waals surface area (Å²) in [5.41, 5.74) is 7.11. The van der Waals surface area contributed by atoms with Crippen molar-refractivity contribution in [3.63, 3.8) is 0 Å². The summed E-state index contributed by atoms with van der Waals surface area (Å²) in [6, 6.07) is 8.50. The molecule has 2 aromatic rings. The zero-order chi connectivity index (χ0) is 12.3. The number of ketones is 1. The molecule has 0 saturated carbocycles. The molecule has 0 aliphatic heterocycles. The molecular weight excluding hydrogens is 216 g/mol. The summed E-state index contributed by atoms with van der Waals surface area (Å²) < 4.78 is 1.48. The number of carbonyl (C=O) groups excluding carboxylic acids is 1. The van der Waals surface area contributed by atoms with Gasteiger partial charge in [0.25, 0.3) is 0 Å². The molecule has 2 N–H and O–H groups in total. The van der Waals surface area contributed by atoms with Crippen LogP contribution >= 0.6 is 0 Å². The summed E-state index contributed by atoms with van der Waals surface area (Å²) in [6.07, 6.45) is 3.09. The highest BCUT2D eigenvalue weighted by molar-refractivity contribution is 5.95. The van der Waals surface area contributed by atoms with E-state index in [1.807, 2.05) is 6.07 Å². The van der Waals surface area contributed by atoms with Crippen LogP contribution in [-0.4, -0.2) is 15.6 Å². The number of anilines is 1. The number of hydrogen-bond donors (Lipinski definition) is 1. The van der Waals surface area contributed by atoms with Gasteiger partial charge < -0.3 is 5.73 Å². The van der Waals surface area contributed by atoms with Gasteiger partial charge in [0, 0.05) is 11.8 Å². The molecule has 0 unspecified atom stereocenters. The monoisotopic (exact) mass is 226 g/mol. The van der Waals surface area contributed by atoms with E-state index in [1.54, 1.807) is 30.5 Å². The fraction of sp³-hybridized carbons (Fsp3) is 0.0833. The summed E-state index contributed by atoms with van der Waals surface area (Å²) >= 11 is 0. The van der Waals surface area contributed by atoms with Crippen molar-refractivity contribution in [2.75, 3.05) is 5.73 Å². The number of nitrogens with zero attached hydrogens (tertiary/aromatic N) is 3. The van der Waals surface area contributed by atoms with Gasteiger partial charge in [0.1, 0.15) is 6.54 Å². The van der Waals surface area contributed by atoms with Crippen LogP contribution in [0, 0.1) is 11.3 Å². The molecule has 0 fully saturated rings. The van der Waals surface area contributed by atoms with E-state index < -0.39 is 0 Å². The molecular formula is C12H10N4O. The third-order valence-corrected chi connectivity index (χ3v) is 2.29. The van der Waals surface area contributed by atoms with E-state index in [9.17, 15) is 4.79 Å². The molecule has 0 aliphatic rings. The highest BCUT2D eigenvalue weighted by Crippen LogP contribution is 2.06. The Bertz CT molecular complexity index is 577. The summed E-state index contributed by atoms with van der Waals surface area (Å²) in [6.45, 7) is 0.142. The van der Waals surface area contributed by atoms with Crippen molar-refractivity contribution in [3.8, 4) is 6.07 Å². The van der Waals surface area contributed by atoms with Crippen LogP contribution in [0.15, 0.2) is 36.7 Å². The van der Waals surface area contributed by atoms with E-state index in [0.29, 0.717) is 16.8 Å². The number of carbonyl (C=O) groups is 1. The summed E-state index contributed by atoms with van der Waals surface area (Å²) in [7, 11) is 0. The van der Waals surface area contributed by atoms with Gasteiger partial charge in [-0.2, -0.15) is 10.4 Å². The molecule has 17 heavy (non-hydrogen) atoms. The quantitative estimate of drug-likeness (QED) is 0.797. The number of nitrogen functional groups attached to an aromatic ring is 1. The molecule has 1 heterocycles. The van der Waals surface area contributed by atoms with Crippen molar-refractivity contribution in [1.29, 1.82) is 5.26 Å². The molecule has 0 radical (unpaired) electrons. The van der Waals surface area contributed by atoms with Crippen molar-refractivity contribution in [2.45, 2.75) is 6.54 Å². The highest BCUT2D eigenvalue weighted by Gasteiger charge is 2.07. The molecule has 5 heteroatoms. The van der Waals surface area contributed by atoms with Crippen LogP contribution in [0.2, 0.25) is 0 Å². The first-order chi connectivity index (χ1) is 8.19. The number of benzene rings is 1. The number of Topliss-reactive ketones (excluding diaryl/α,β-unsaturated/α-hetero) is 1. The molecule has 1 aromatic carbocycles. The number of nitriles is 1. The van der Waals surface area contributed by atoms with Gasteiger partial charge in [-0.25, -0.2) is 0 Å². The minimum absolute atomic E-state index is 0.0717. The minimum atomic E-state index is -0.0717. The maximum absolute atomic E-state index is 11.8. The Morgan fingerprint density at radius 2 is 2.12 bits per heavy atom. The Kier molecular flexibility index (Phi) is 2.88. The second-order valence-electron chi connectivity index (χ2n) is 3.58. The lowest BCUT2D eigenvalue weighted by Crippen LogP contribution is -2.10. The SMILES string of the molecule is N#Cc1ccc(C(=O)Cn2cc(N)cn2)cc1. The lowest BCUT2D eigenvalue weighted by atomic mass is 10.1. The second-order valence-corrected chi connectivity index (χ2v) is 3.58. The van der Waals surface area contributed by atoms with E-state index in [-0.39, 0.29) is 12.3 Å². The largest absolute Gasteiger partial charge is 0.396 e. The number of rotatable bonds is 3. The Morgan fingerprint density at radius 3 is 2.65 bits per heavy atom. The maximum Gasteiger partial charge on any atom is 0.184 e. The molecule has 0 bridgehead atoms. The van der Waals surface area contributed by atoms with Gasteiger partial charge in [0.05, 0.1) is 23.5 Å². The van der Waals surface area contributed by atoms with Gasteiger partial charge in [-0.3, -0.25) is 9.48 Å². The molecule has 2 rings (SSSR count).